The lowest BCUT2D eigenvalue weighted by molar-refractivity contribution is 0.261. The van der Waals surface area contributed by atoms with Gasteiger partial charge in [-0.2, -0.15) is 4.91 Å². The third kappa shape index (κ3) is 2.91. The van der Waals surface area contributed by atoms with E-state index >= 15 is 0 Å². The molecule has 0 N–H and O–H groups in total. The van der Waals surface area contributed by atoms with Crippen molar-refractivity contribution in [3.63, 3.8) is 0 Å². The lowest BCUT2D eigenvalue weighted by Crippen LogP contribution is -2.24. The number of nitroso groups, excluding NO2 is 1. The first kappa shape index (κ1) is 12.2. The summed E-state index contributed by atoms with van der Waals surface area (Å²) in [6.07, 6.45) is 3.29. The van der Waals surface area contributed by atoms with Crippen LogP contribution in [-0.4, -0.2) is 18.0 Å². The number of fused-ring (bicyclic) bond motifs is 1. The van der Waals surface area contributed by atoms with Crippen molar-refractivity contribution in [2.45, 2.75) is 38.8 Å². The molecule has 0 aromatic heterocycles. The summed E-state index contributed by atoms with van der Waals surface area (Å²) < 4.78 is 0. The van der Waals surface area contributed by atoms with Gasteiger partial charge in [-0.1, -0.05) is 42.8 Å². The average molecular weight is 232 g/mol. The average Bonchev–Trinajstić information content (AvgIpc) is 2.55. The summed E-state index contributed by atoms with van der Waals surface area (Å²) in [5.41, 5.74) is 2.40. The molecule has 1 atom stereocenters. The van der Waals surface area contributed by atoms with Crippen LogP contribution < -0.4 is 0 Å². The van der Waals surface area contributed by atoms with Gasteiger partial charge in [0.15, 0.2) is 0 Å². The molecule has 0 saturated heterocycles. The zero-order chi connectivity index (χ0) is 12.1. The van der Waals surface area contributed by atoms with E-state index in [9.17, 15) is 4.91 Å². The lowest BCUT2D eigenvalue weighted by Gasteiger charge is -2.19. The van der Waals surface area contributed by atoms with Crippen LogP contribution in [0.25, 0.3) is 0 Å². The van der Waals surface area contributed by atoms with Gasteiger partial charge >= 0.3 is 0 Å². The molecule has 0 bridgehead atoms. The van der Waals surface area contributed by atoms with Crippen LogP contribution in [0.1, 0.15) is 43.4 Å². The molecule has 1 unspecified atom stereocenters. The van der Waals surface area contributed by atoms with Crippen LogP contribution in [0.5, 0.6) is 0 Å². The molecule has 1 heterocycles. The van der Waals surface area contributed by atoms with Gasteiger partial charge in [0.25, 0.3) is 0 Å². The minimum absolute atomic E-state index is 0.155. The molecule has 3 heteroatoms. The largest absolute Gasteiger partial charge is 0.299 e. The highest BCUT2D eigenvalue weighted by Crippen LogP contribution is 2.29. The summed E-state index contributed by atoms with van der Waals surface area (Å²) in [6.45, 7) is 5.27. The fourth-order valence-electron chi connectivity index (χ4n) is 2.47. The monoisotopic (exact) mass is 232 g/mol. The Hall–Kier alpha value is -1.22. The summed E-state index contributed by atoms with van der Waals surface area (Å²) in [6, 6.07) is 8.06. The molecule has 92 valence electrons. The number of rotatable bonds is 4. The maximum absolute atomic E-state index is 10.9. The van der Waals surface area contributed by atoms with E-state index in [0.717, 1.165) is 31.6 Å². The number of nitrogens with zero attached hydrogens (tertiary/aromatic N) is 2. The van der Waals surface area contributed by atoms with Gasteiger partial charge < -0.3 is 0 Å². The lowest BCUT2D eigenvalue weighted by atomic mass is 10.0. The Morgan fingerprint density at radius 2 is 2.24 bits per heavy atom. The SMILES string of the molecule is CCCCN1CCC(N=O)c2ccccc2C1. The summed E-state index contributed by atoms with van der Waals surface area (Å²) in [4.78, 5) is 13.4. The maximum atomic E-state index is 10.9. The van der Waals surface area contributed by atoms with Crippen molar-refractivity contribution in [3.8, 4) is 0 Å². The second kappa shape index (κ2) is 5.92. The molecule has 1 aliphatic rings. The highest BCUT2D eigenvalue weighted by Gasteiger charge is 2.22. The number of benzene rings is 1. The predicted octanol–water partition coefficient (Wildman–Crippen LogP) is 3.50. The van der Waals surface area contributed by atoms with Gasteiger partial charge in [-0.25, -0.2) is 0 Å². The molecular weight excluding hydrogens is 212 g/mol. The molecule has 1 aromatic carbocycles. The standard InChI is InChI=1S/C14H20N2O/c1-2-3-9-16-10-8-14(15-17)13-7-5-4-6-12(13)11-16/h4-7,14H,2-3,8-11H2,1H3. The van der Waals surface area contributed by atoms with Gasteiger partial charge in [0.2, 0.25) is 0 Å². The van der Waals surface area contributed by atoms with E-state index in [4.69, 9.17) is 0 Å². The molecule has 0 saturated carbocycles. The van der Waals surface area contributed by atoms with Crippen molar-refractivity contribution in [1.82, 2.24) is 4.90 Å². The van der Waals surface area contributed by atoms with Crippen molar-refractivity contribution in [3.05, 3.63) is 40.3 Å². The van der Waals surface area contributed by atoms with E-state index in [1.807, 2.05) is 18.2 Å². The van der Waals surface area contributed by atoms with Crippen LogP contribution >= 0.6 is 0 Å². The molecule has 17 heavy (non-hydrogen) atoms. The van der Waals surface area contributed by atoms with E-state index in [2.05, 4.69) is 23.1 Å². The second-order valence-corrected chi connectivity index (χ2v) is 4.74. The van der Waals surface area contributed by atoms with Gasteiger partial charge in [0.1, 0.15) is 6.04 Å². The van der Waals surface area contributed by atoms with Crippen LogP contribution in [0.4, 0.5) is 0 Å². The number of unbranched alkanes of at least 4 members (excludes halogenated alkanes) is 1. The Labute approximate surface area is 103 Å². The highest BCUT2D eigenvalue weighted by atomic mass is 16.3. The predicted molar refractivity (Wildman–Crippen MR) is 69.8 cm³/mol. The molecule has 0 spiro atoms. The second-order valence-electron chi connectivity index (χ2n) is 4.74. The van der Waals surface area contributed by atoms with Crippen LogP contribution in [0.2, 0.25) is 0 Å². The first-order valence-corrected chi connectivity index (χ1v) is 6.47. The molecule has 2 rings (SSSR count). The van der Waals surface area contributed by atoms with Crippen molar-refractivity contribution in [1.29, 1.82) is 0 Å². The van der Waals surface area contributed by atoms with E-state index in [0.29, 0.717) is 0 Å². The minimum atomic E-state index is -0.155. The summed E-state index contributed by atoms with van der Waals surface area (Å²) in [7, 11) is 0. The zero-order valence-corrected chi connectivity index (χ0v) is 10.4. The Morgan fingerprint density at radius 3 is 3.00 bits per heavy atom. The summed E-state index contributed by atoms with van der Waals surface area (Å²) in [5.74, 6) is 0. The van der Waals surface area contributed by atoms with E-state index in [1.165, 1.54) is 18.4 Å². The minimum Gasteiger partial charge on any atom is -0.299 e. The molecule has 0 aliphatic carbocycles. The third-order valence-corrected chi connectivity index (χ3v) is 3.48. The normalized spacial score (nSPS) is 20.6. The zero-order valence-electron chi connectivity index (χ0n) is 10.4. The van der Waals surface area contributed by atoms with Gasteiger partial charge in [0, 0.05) is 13.1 Å². The van der Waals surface area contributed by atoms with Crippen molar-refractivity contribution in [2.24, 2.45) is 5.18 Å². The van der Waals surface area contributed by atoms with Crippen LogP contribution in [0.3, 0.4) is 0 Å². The smallest absolute Gasteiger partial charge is 0.118 e. The van der Waals surface area contributed by atoms with Gasteiger partial charge in [-0.15, -0.1) is 0 Å². The molecule has 1 aliphatic heterocycles. The molecular formula is C14H20N2O. The molecule has 1 aromatic rings. The number of hydrogen-bond donors (Lipinski definition) is 0. The molecule has 0 amide bonds. The molecule has 0 radical (unpaired) electrons. The topological polar surface area (TPSA) is 32.7 Å². The Balaban J connectivity index is 2.17. The Kier molecular flexibility index (Phi) is 4.26. The van der Waals surface area contributed by atoms with Crippen molar-refractivity contribution < 1.29 is 0 Å². The molecule has 3 nitrogen and oxygen atoms in total. The maximum Gasteiger partial charge on any atom is 0.118 e. The van der Waals surface area contributed by atoms with Gasteiger partial charge in [-0.3, -0.25) is 4.90 Å². The van der Waals surface area contributed by atoms with Crippen LogP contribution in [0, 0.1) is 4.91 Å². The highest BCUT2D eigenvalue weighted by molar-refractivity contribution is 5.31. The van der Waals surface area contributed by atoms with E-state index in [1.54, 1.807) is 0 Å². The molecule has 0 fully saturated rings. The number of hydrogen-bond acceptors (Lipinski definition) is 3. The third-order valence-electron chi connectivity index (χ3n) is 3.48. The van der Waals surface area contributed by atoms with Crippen molar-refractivity contribution >= 4 is 0 Å². The van der Waals surface area contributed by atoms with Crippen molar-refractivity contribution in [2.75, 3.05) is 13.1 Å². The first-order valence-electron chi connectivity index (χ1n) is 6.47. The van der Waals surface area contributed by atoms with Gasteiger partial charge in [-0.05, 0) is 30.5 Å². The Bertz CT molecular complexity index is 378. The fourth-order valence-corrected chi connectivity index (χ4v) is 2.47. The van der Waals surface area contributed by atoms with Crippen LogP contribution in [-0.2, 0) is 6.54 Å². The summed E-state index contributed by atoms with van der Waals surface area (Å²) >= 11 is 0. The fraction of sp³-hybridized carbons (Fsp3) is 0.571. The Morgan fingerprint density at radius 1 is 1.41 bits per heavy atom. The quantitative estimate of drug-likeness (QED) is 0.744. The van der Waals surface area contributed by atoms with Crippen LogP contribution in [0.15, 0.2) is 29.4 Å². The van der Waals surface area contributed by atoms with Gasteiger partial charge in [0.05, 0.1) is 0 Å². The van der Waals surface area contributed by atoms with E-state index < -0.39 is 0 Å². The summed E-state index contributed by atoms with van der Waals surface area (Å²) in [5, 5.41) is 3.29. The van der Waals surface area contributed by atoms with E-state index in [-0.39, 0.29) is 6.04 Å². The first-order chi connectivity index (χ1) is 8.35.